The van der Waals surface area contributed by atoms with Gasteiger partial charge in [0.15, 0.2) is 0 Å². The zero-order valence-corrected chi connectivity index (χ0v) is 11.6. The second-order valence-electron chi connectivity index (χ2n) is 3.39. The summed E-state index contributed by atoms with van der Waals surface area (Å²) in [4.78, 5) is 0. The van der Waals surface area contributed by atoms with Gasteiger partial charge in [0.05, 0.1) is 6.04 Å². The van der Waals surface area contributed by atoms with Crippen LogP contribution in [0.4, 0.5) is 0 Å². The summed E-state index contributed by atoms with van der Waals surface area (Å²) in [6.07, 6.45) is 0. The number of nitrogens with zero attached hydrogens (tertiary/aromatic N) is 2. The van der Waals surface area contributed by atoms with Crippen LogP contribution >= 0.6 is 38.9 Å². The van der Waals surface area contributed by atoms with E-state index in [1.807, 2.05) is 25.1 Å². The minimum atomic E-state index is -0.0890. The summed E-state index contributed by atoms with van der Waals surface area (Å²) in [5.41, 5.74) is 6.69. The summed E-state index contributed by atoms with van der Waals surface area (Å²) in [7, 11) is 0. The van der Waals surface area contributed by atoms with Gasteiger partial charge in [-0.3, -0.25) is 0 Å². The van der Waals surface area contributed by atoms with Gasteiger partial charge >= 0.3 is 0 Å². The molecule has 2 rings (SSSR count). The summed E-state index contributed by atoms with van der Waals surface area (Å²) in [6, 6.07) is 5.56. The molecule has 1 atom stereocenters. The van der Waals surface area contributed by atoms with Crippen LogP contribution < -0.4 is 5.73 Å². The normalized spacial score (nSPS) is 12.8. The lowest BCUT2D eigenvalue weighted by Gasteiger charge is -1.98. The van der Waals surface area contributed by atoms with Crippen molar-refractivity contribution in [2.45, 2.75) is 13.0 Å². The first-order valence-corrected chi connectivity index (χ1v) is 6.60. The van der Waals surface area contributed by atoms with E-state index < -0.39 is 0 Å². The van der Waals surface area contributed by atoms with Crippen molar-refractivity contribution in [3.8, 4) is 10.6 Å². The molecule has 0 aliphatic carbocycles. The molecule has 3 nitrogen and oxygen atoms in total. The largest absolute Gasteiger partial charge is 0.322 e. The van der Waals surface area contributed by atoms with Gasteiger partial charge in [-0.2, -0.15) is 0 Å². The maximum absolute atomic E-state index is 5.97. The lowest BCUT2D eigenvalue weighted by atomic mass is 10.2. The summed E-state index contributed by atoms with van der Waals surface area (Å²) >= 11 is 10.8. The van der Waals surface area contributed by atoms with Gasteiger partial charge in [-0.1, -0.05) is 38.9 Å². The van der Waals surface area contributed by atoms with E-state index >= 15 is 0 Å². The second-order valence-corrected chi connectivity index (χ2v) is 5.75. The van der Waals surface area contributed by atoms with Gasteiger partial charge in [0.25, 0.3) is 0 Å². The Hall–Kier alpha value is -0.490. The molecular weight excluding hydrogens is 310 g/mol. The number of halogens is 2. The third-order valence-electron chi connectivity index (χ3n) is 1.94. The Kier molecular flexibility index (Phi) is 3.59. The first-order chi connectivity index (χ1) is 7.56. The minimum absolute atomic E-state index is 0.0890. The smallest absolute Gasteiger partial charge is 0.147 e. The highest BCUT2D eigenvalue weighted by Crippen LogP contribution is 2.30. The summed E-state index contributed by atoms with van der Waals surface area (Å²) in [6.45, 7) is 1.89. The van der Waals surface area contributed by atoms with E-state index in [0.29, 0.717) is 5.02 Å². The van der Waals surface area contributed by atoms with E-state index in [4.69, 9.17) is 17.3 Å². The van der Waals surface area contributed by atoms with Crippen LogP contribution in [-0.4, -0.2) is 10.2 Å². The fourth-order valence-electron chi connectivity index (χ4n) is 1.21. The van der Waals surface area contributed by atoms with Crippen LogP contribution in [0.15, 0.2) is 22.7 Å². The summed E-state index contributed by atoms with van der Waals surface area (Å²) in [5.74, 6) is 0. The van der Waals surface area contributed by atoms with Gasteiger partial charge in [0.2, 0.25) is 0 Å². The Labute approximate surface area is 111 Å². The molecule has 1 aromatic heterocycles. The second kappa shape index (κ2) is 4.79. The maximum atomic E-state index is 5.97. The average Bonchev–Trinajstić information content (AvgIpc) is 2.64. The van der Waals surface area contributed by atoms with Gasteiger partial charge in [0, 0.05) is 15.1 Å². The van der Waals surface area contributed by atoms with E-state index in [0.717, 1.165) is 20.1 Å². The van der Waals surface area contributed by atoms with Crippen molar-refractivity contribution in [3.05, 3.63) is 32.7 Å². The van der Waals surface area contributed by atoms with Gasteiger partial charge in [-0.05, 0) is 25.1 Å². The fraction of sp³-hybridized carbons (Fsp3) is 0.200. The Morgan fingerprint density at radius 1 is 1.38 bits per heavy atom. The van der Waals surface area contributed by atoms with Crippen LogP contribution in [0.1, 0.15) is 18.0 Å². The lowest BCUT2D eigenvalue weighted by molar-refractivity contribution is 0.786. The number of hydrogen-bond acceptors (Lipinski definition) is 4. The van der Waals surface area contributed by atoms with E-state index in [9.17, 15) is 0 Å². The van der Waals surface area contributed by atoms with Crippen LogP contribution in [0.5, 0.6) is 0 Å². The molecular formula is C10H9BrClN3S. The topological polar surface area (TPSA) is 51.8 Å². The van der Waals surface area contributed by atoms with E-state index in [1.165, 1.54) is 11.3 Å². The molecule has 84 valence electrons. The highest BCUT2D eigenvalue weighted by molar-refractivity contribution is 9.10. The minimum Gasteiger partial charge on any atom is -0.322 e. The van der Waals surface area contributed by atoms with Crippen molar-refractivity contribution in [2.24, 2.45) is 5.73 Å². The predicted molar refractivity (Wildman–Crippen MR) is 70.7 cm³/mol. The zero-order valence-electron chi connectivity index (χ0n) is 8.45. The quantitative estimate of drug-likeness (QED) is 0.919. The van der Waals surface area contributed by atoms with Gasteiger partial charge in [-0.25, -0.2) is 0 Å². The van der Waals surface area contributed by atoms with Crippen molar-refractivity contribution in [2.75, 3.05) is 0 Å². The molecule has 0 amide bonds. The number of aromatic nitrogens is 2. The average molecular weight is 319 g/mol. The number of hydrogen-bond donors (Lipinski definition) is 1. The lowest BCUT2D eigenvalue weighted by Crippen LogP contribution is -2.03. The fourth-order valence-corrected chi connectivity index (χ4v) is 2.86. The van der Waals surface area contributed by atoms with Crippen LogP contribution in [0.25, 0.3) is 10.6 Å². The van der Waals surface area contributed by atoms with Crippen molar-refractivity contribution < 1.29 is 0 Å². The number of benzene rings is 1. The molecule has 0 aliphatic rings. The molecule has 0 spiro atoms. The Balaban J connectivity index is 2.42. The third kappa shape index (κ3) is 2.60. The first kappa shape index (κ1) is 12.0. The Morgan fingerprint density at radius 2 is 2.12 bits per heavy atom. The molecule has 2 N–H and O–H groups in total. The third-order valence-corrected chi connectivity index (χ3v) is 3.79. The van der Waals surface area contributed by atoms with Gasteiger partial charge in [-0.15, -0.1) is 10.2 Å². The van der Waals surface area contributed by atoms with Crippen LogP contribution in [0.3, 0.4) is 0 Å². The van der Waals surface area contributed by atoms with Crippen LogP contribution in [0, 0.1) is 0 Å². The number of rotatable bonds is 2. The van der Waals surface area contributed by atoms with E-state index in [2.05, 4.69) is 26.1 Å². The molecule has 0 bridgehead atoms. The number of nitrogens with two attached hydrogens (primary N) is 1. The van der Waals surface area contributed by atoms with Gasteiger partial charge in [0.1, 0.15) is 10.0 Å². The molecule has 0 fully saturated rings. The van der Waals surface area contributed by atoms with Crippen molar-refractivity contribution in [1.82, 2.24) is 10.2 Å². The molecule has 0 saturated heterocycles. The first-order valence-electron chi connectivity index (χ1n) is 4.61. The Bertz CT molecular complexity index is 492. The molecule has 0 aliphatic heterocycles. The monoisotopic (exact) mass is 317 g/mol. The zero-order chi connectivity index (χ0) is 11.7. The molecule has 0 radical (unpaired) electrons. The molecule has 0 saturated carbocycles. The molecule has 6 heteroatoms. The highest BCUT2D eigenvalue weighted by atomic mass is 79.9. The molecule has 1 heterocycles. The van der Waals surface area contributed by atoms with Crippen molar-refractivity contribution in [1.29, 1.82) is 0 Å². The molecule has 16 heavy (non-hydrogen) atoms. The van der Waals surface area contributed by atoms with Crippen molar-refractivity contribution >= 4 is 38.9 Å². The van der Waals surface area contributed by atoms with Gasteiger partial charge < -0.3 is 5.73 Å². The highest BCUT2D eigenvalue weighted by Gasteiger charge is 2.10. The van der Waals surface area contributed by atoms with E-state index in [-0.39, 0.29) is 6.04 Å². The van der Waals surface area contributed by atoms with Crippen LogP contribution in [0.2, 0.25) is 5.02 Å². The summed E-state index contributed by atoms with van der Waals surface area (Å²) < 4.78 is 0.924. The molecule has 2 aromatic rings. The Morgan fingerprint density at radius 3 is 2.69 bits per heavy atom. The molecule has 1 unspecified atom stereocenters. The maximum Gasteiger partial charge on any atom is 0.147 e. The van der Waals surface area contributed by atoms with E-state index in [1.54, 1.807) is 0 Å². The predicted octanol–water partition coefficient (Wildman–Crippen LogP) is 3.64. The SMILES string of the molecule is CC(N)c1nnc(-c2cc(Cl)cc(Br)c2)s1. The standard InChI is InChI=1S/C10H9BrClN3S/c1-5(13)9-14-15-10(16-9)6-2-7(11)4-8(12)3-6/h2-5H,13H2,1H3. The molecule has 1 aromatic carbocycles. The van der Waals surface area contributed by atoms with Crippen LogP contribution in [-0.2, 0) is 0 Å². The van der Waals surface area contributed by atoms with Crippen molar-refractivity contribution in [3.63, 3.8) is 0 Å². The summed E-state index contributed by atoms with van der Waals surface area (Å²) in [5, 5.41) is 10.5.